The van der Waals surface area contributed by atoms with E-state index >= 15 is 0 Å². The van der Waals surface area contributed by atoms with Crippen molar-refractivity contribution in [3.8, 4) is 5.75 Å². The molecule has 2 aromatic carbocycles. The Hall–Kier alpha value is -3.39. The molecule has 0 aliphatic carbocycles. The molecule has 2 aromatic rings. The number of benzene rings is 2. The van der Waals surface area contributed by atoms with Gasteiger partial charge in [-0.1, -0.05) is 19.9 Å². The third-order valence-electron chi connectivity index (χ3n) is 5.27. The highest BCUT2D eigenvalue weighted by Crippen LogP contribution is 2.32. The van der Waals surface area contributed by atoms with Crippen molar-refractivity contribution < 1.29 is 23.9 Å². The zero-order valence-electron chi connectivity index (χ0n) is 18.7. The Morgan fingerprint density at radius 3 is 2.53 bits per heavy atom. The molecule has 8 nitrogen and oxygen atoms in total. The number of aryl methyl sites for hydroxylation is 1. The van der Waals surface area contributed by atoms with Gasteiger partial charge < -0.3 is 24.6 Å². The van der Waals surface area contributed by atoms with Crippen LogP contribution in [0, 0.1) is 6.92 Å². The molecule has 170 valence electrons. The van der Waals surface area contributed by atoms with Crippen molar-refractivity contribution in [3.05, 3.63) is 53.6 Å². The van der Waals surface area contributed by atoms with Crippen LogP contribution in [-0.4, -0.2) is 62.1 Å². The van der Waals surface area contributed by atoms with Crippen LogP contribution in [0.2, 0.25) is 0 Å². The Morgan fingerprint density at radius 2 is 1.84 bits per heavy atom. The van der Waals surface area contributed by atoms with Gasteiger partial charge >= 0.3 is 11.9 Å². The molecule has 0 spiro atoms. The summed E-state index contributed by atoms with van der Waals surface area (Å²) < 4.78 is 10.6. The normalized spacial score (nSPS) is 12.9. The predicted molar refractivity (Wildman–Crippen MR) is 122 cm³/mol. The second-order valence-corrected chi connectivity index (χ2v) is 7.59. The lowest BCUT2D eigenvalue weighted by Crippen LogP contribution is -2.41. The molecule has 0 saturated carbocycles. The van der Waals surface area contributed by atoms with Gasteiger partial charge in [-0.2, -0.15) is 0 Å². The molecule has 1 N–H and O–H groups in total. The van der Waals surface area contributed by atoms with Crippen molar-refractivity contribution in [1.29, 1.82) is 0 Å². The Balaban J connectivity index is 1.54. The summed E-state index contributed by atoms with van der Waals surface area (Å²) in [6.07, 6.45) is 0. The third kappa shape index (κ3) is 6.07. The summed E-state index contributed by atoms with van der Waals surface area (Å²) >= 11 is 0. The van der Waals surface area contributed by atoms with Crippen molar-refractivity contribution in [1.82, 2.24) is 4.90 Å². The molecule has 0 unspecified atom stereocenters. The average Bonchev–Trinajstić information content (AvgIpc) is 2.76. The highest BCUT2D eigenvalue weighted by Gasteiger charge is 2.25. The van der Waals surface area contributed by atoms with Gasteiger partial charge in [0.25, 0.3) is 0 Å². The van der Waals surface area contributed by atoms with E-state index in [1.54, 1.807) is 35.2 Å². The van der Waals surface area contributed by atoms with Crippen molar-refractivity contribution in [2.45, 2.75) is 20.8 Å². The molecule has 0 aromatic heterocycles. The maximum absolute atomic E-state index is 12.5. The van der Waals surface area contributed by atoms with Crippen LogP contribution in [0.5, 0.6) is 5.75 Å². The molecule has 32 heavy (non-hydrogen) atoms. The van der Waals surface area contributed by atoms with E-state index in [0.717, 1.165) is 18.7 Å². The van der Waals surface area contributed by atoms with E-state index in [1.807, 2.05) is 19.1 Å². The van der Waals surface area contributed by atoms with Crippen molar-refractivity contribution in [2.24, 2.45) is 0 Å². The van der Waals surface area contributed by atoms with Crippen molar-refractivity contribution in [3.63, 3.8) is 0 Å². The summed E-state index contributed by atoms with van der Waals surface area (Å²) in [6, 6.07) is 12.1. The molecule has 1 aliphatic heterocycles. The van der Waals surface area contributed by atoms with E-state index in [-0.39, 0.29) is 19.0 Å². The molecule has 0 radical (unpaired) electrons. The second-order valence-electron chi connectivity index (χ2n) is 7.59. The van der Waals surface area contributed by atoms with Crippen LogP contribution in [-0.2, 0) is 14.3 Å². The van der Waals surface area contributed by atoms with Gasteiger partial charge in [0.1, 0.15) is 13.2 Å². The number of hydrogen-bond donors (Lipinski definition) is 1. The highest BCUT2D eigenvalue weighted by atomic mass is 16.5. The van der Waals surface area contributed by atoms with Crippen LogP contribution in [0.4, 0.5) is 11.4 Å². The van der Waals surface area contributed by atoms with Crippen molar-refractivity contribution in [2.75, 3.05) is 49.5 Å². The van der Waals surface area contributed by atoms with Gasteiger partial charge in [0.15, 0.2) is 5.75 Å². The first kappa shape index (κ1) is 23.3. The molecule has 1 heterocycles. The summed E-state index contributed by atoms with van der Waals surface area (Å²) in [4.78, 5) is 40.5. The lowest BCUT2D eigenvalue weighted by atomic mass is 10.1. The largest absolute Gasteiger partial charge is 0.461 e. The fourth-order valence-corrected chi connectivity index (χ4v) is 3.46. The van der Waals surface area contributed by atoms with Crippen LogP contribution in [0.15, 0.2) is 42.5 Å². The molecule has 3 rings (SSSR count). The van der Waals surface area contributed by atoms with Crippen molar-refractivity contribution >= 4 is 29.2 Å². The minimum Gasteiger partial charge on any atom is -0.461 e. The topological polar surface area (TPSA) is 88.2 Å². The first-order chi connectivity index (χ1) is 15.4. The summed E-state index contributed by atoms with van der Waals surface area (Å²) in [5.74, 6) is -0.618. The third-order valence-corrected chi connectivity index (χ3v) is 5.27. The molecule has 0 saturated heterocycles. The van der Waals surface area contributed by atoms with Gasteiger partial charge in [0, 0.05) is 12.2 Å². The molecule has 1 aliphatic rings. The summed E-state index contributed by atoms with van der Waals surface area (Å²) in [5, 5.41) is 2.79. The number of carbonyl (C=O) groups excluding carboxylic acids is 3. The fraction of sp³-hybridized carbons (Fsp3) is 0.375. The van der Waals surface area contributed by atoms with E-state index in [0.29, 0.717) is 35.8 Å². The highest BCUT2D eigenvalue weighted by molar-refractivity contribution is 5.97. The first-order valence-electron chi connectivity index (χ1n) is 10.7. The van der Waals surface area contributed by atoms with Crippen LogP contribution in [0.25, 0.3) is 0 Å². The van der Waals surface area contributed by atoms with Gasteiger partial charge in [0.05, 0.1) is 17.8 Å². The minimum atomic E-state index is -0.403. The number of anilines is 2. The first-order valence-corrected chi connectivity index (χ1v) is 10.7. The molecule has 8 heteroatoms. The summed E-state index contributed by atoms with van der Waals surface area (Å²) in [5.41, 5.74) is 2.65. The lowest BCUT2D eigenvalue weighted by molar-refractivity contribution is -0.133. The number of ether oxygens (including phenoxy) is 2. The molecule has 1 amide bonds. The maximum atomic E-state index is 12.5. The Labute approximate surface area is 188 Å². The van der Waals surface area contributed by atoms with E-state index in [1.165, 1.54) is 0 Å². The molecule has 0 bridgehead atoms. The molecular formula is C24H29N3O5. The average molecular weight is 440 g/mol. The number of likely N-dealkylation sites (N-methyl/N-ethyl adjacent to an activating group) is 1. The Bertz CT molecular complexity index is 970. The monoisotopic (exact) mass is 439 g/mol. The van der Waals surface area contributed by atoms with Crippen LogP contribution < -0.4 is 15.0 Å². The summed E-state index contributed by atoms with van der Waals surface area (Å²) in [7, 11) is 0. The maximum Gasteiger partial charge on any atom is 0.338 e. The Kier molecular flexibility index (Phi) is 7.83. The molecular weight excluding hydrogens is 410 g/mol. The quantitative estimate of drug-likeness (QED) is 0.475. The molecule has 0 atom stereocenters. The number of nitrogens with zero attached hydrogens (tertiary/aromatic N) is 2. The van der Waals surface area contributed by atoms with E-state index < -0.39 is 11.9 Å². The number of nitrogens with one attached hydrogen (secondary N) is 1. The van der Waals surface area contributed by atoms with E-state index in [9.17, 15) is 14.4 Å². The van der Waals surface area contributed by atoms with Gasteiger partial charge in [-0.15, -0.1) is 0 Å². The number of rotatable bonds is 9. The Morgan fingerprint density at radius 1 is 1.12 bits per heavy atom. The number of amides is 1. The number of fused-ring (bicyclic) bond motifs is 1. The van der Waals surface area contributed by atoms with Crippen LogP contribution >= 0.6 is 0 Å². The predicted octanol–water partition coefficient (Wildman–Crippen LogP) is 2.86. The van der Waals surface area contributed by atoms with Crippen LogP contribution in [0.1, 0.15) is 29.8 Å². The van der Waals surface area contributed by atoms with E-state index in [2.05, 4.69) is 24.1 Å². The summed E-state index contributed by atoms with van der Waals surface area (Å²) in [6.45, 7) is 8.88. The standard InChI is InChI=1S/C24H29N3O5/c1-4-26(5-2)12-13-31-24(30)18-7-9-19(10-8-18)25-22(28)15-27-16-23(29)32-21-14-17(3)6-11-20(21)27/h6-11,14H,4-5,12-13,15-16H2,1-3H3,(H,25,28). The smallest absolute Gasteiger partial charge is 0.338 e. The van der Waals surface area contributed by atoms with E-state index in [4.69, 9.17) is 9.47 Å². The van der Waals surface area contributed by atoms with Gasteiger partial charge in [-0.3, -0.25) is 4.79 Å². The van der Waals surface area contributed by atoms with Crippen LogP contribution in [0.3, 0.4) is 0 Å². The van der Waals surface area contributed by atoms with Gasteiger partial charge in [0.2, 0.25) is 5.91 Å². The SMILES string of the molecule is CCN(CC)CCOC(=O)c1ccc(NC(=O)CN2CC(=O)Oc3cc(C)ccc32)cc1. The number of esters is 2. The van der Waals surface area contributed by atoms with Gasteiger partial charge in [-0.25, -0.2) is 9.59 Å². The fourth-order valence-electron chi connectivity index (χ4n) is 3.46. The number of carbonyl (C=O) groups is 3. The second kappa shape index (κ2) is 10.8. The zero-order valence-corrected chi connectivity index (χ0v) is 18.7. The lowest BCUT2D eigenvalue weighted by Gasteiger charge is -2.29. The molecule has 0 fully saturated rings. The zero-order chi connectivity index (χ0) is 23.1. The minimum absolute atomic E-state index is 0.000309. The number of hydrogen-bond acceptors (Lipinski definition) is 7. The van der Waals surface area contributed by atoms with Gasteiger partial charge in [-0.05, 0) is 62.0 Å².